The fraction of sp³-hybridized carbons (Fsp3) is 0.250. The molecule has 0 saturated carbocycles. The zero-order valence-electron chi connectivity index (χ0n) is 14.2. The summed E-state index contributed by atoms with van der Waals surface area (Å²) in [7, 11) is 0. The minimum atomic E-state index is 0.449. The van der Waals surface area contributed by atoms with Crippen LogP contribution in [0.1, 0.15) is 24.5 Å². The number of nitrogens with zero attached hydrogens (tertiary/aromatic N) is 1. The van der Waals surface area contributed by atoms with Crippen LogP contribution in [0.15, 0.2) is 42.5 Å². The van der Waals surface area contributed by atoms with Crippen LogP contribution in [0.25, 0.3) is 22.0 Å². The van der Waals surface area contributed by atoms with Crippen LogP contribution in [0.3, 0.4) is 0 Å². The molecule has 0 unspecified atom stereocenters. The molecule has 3 aromatic rings. The van der Waals surface area contributed by atoms with E-state index in [9.17, 15) is 0 Å². The number of fused-ring (bicyclic) bond motifs is 1. The number of benzene rings is 2. The van der Waals surface area contributed by atoms with Crippen LogP contribution in [0.4, 0.5) is 5.82 Å². The summed E-state index contributed by atoms with van der Waals surface area (Å²) in [5.41, 5.74) is 17.0. The van der Waals surface area contributed by atoms with E-state index in [1.165, 1.54) is 0 Å². The van der Waals surface area contributed by atoms with Gasteiger partial charge in [0.1, 0.15) is 11.6 Å². The Hall–Kier alpha value is -2.59. The van der Waals surface area contributed by atoms with Crippen molar-refractivity contribution in [2.24, 2.45) is 5.73 Å². The van der Waals surface area contributed by atoms with Gasteiger partial charge in [-0.1, -0.05) is 25.1 Å². The summed E-state index contributed by atoms with van der Waals surface area (Å²) in [6.45, 7) is 5.29. The van der Waals surface area contributed by atoms with Gasteiger partial charge in [0.05, 0.1) is 12.1 Å². The Balaban J connectivity index is 2.03. The Morgan fingerprint density at radius 1 is 1.04 bits per heavy atom. The average Bonchev–Trinajstić information content (AvgIpc) is 2.59. The molecule has 0 amide bonds. The first-order chi connectivity index (χ1) is 11.6. The number of ether oxygens (including phenoxy) is 1. The third-order valence-electron chi connectivity index (χ3n) is 4.11. The molecule has 24 heavy (non-hydrogen) atoms. The molecule has 0 aliphatic rings. The van der Waals surface area contributed by atoms with Crippen LogP contribution >= 0.6 is 0 Å². The highest BCUT2D eigenvalue weighted by Crippen LogP contribution is 2.29. The second-order valence-corrected chi connectivity index (χ2v) is 5.97. The van der Waals surface area contributed by atoms with Gasteiger partial charge in [0.25, 0.3) is 0 Å². The summed E-state index contributed by atoms with van der Waals surface area (Å²) in [5, 5.41) is 1.12. The minimum Gasteiger partial charge on any atom is -0.493 e. The molecule has 4 N–H and O–H groups in total. The highest BCUT2D eigenvalue weighted by atomic mass is 16.5. The maximum absolute atomic E-state index is 5.89. The van der Waals surface area contributed by atoms with Gasteiger partial charge in [-0.2, -0.15) is 0 Å². The molecule has 0 bridgehead atoms. The molecule has 0 spiro atoms. The van der Waals surface area contributed by atoms with Gasteiger partial charge < -0.3 is 16.2 Å². The molecule has 1 aromatic heterocycles. The summed E-state index contributed by atoms with van der Waals surface area (Å²) in [6.07, 6.45) is 0.975. The van der Waals surface area contributed by atoms with Crippen LogP contribution in [0.2, 0.25) is 0 Å². The largest absolute Gasteiger partial charge is 0.493 e. The number of nitrogen functional groups attached to an aromatic ring is 1. The van der Waals surface area contributed by atoms with Crippen molar-refractivity contribution >= 4 is 16.7 Å². The van der Waals surface area contributed by atoms with E-state index in [2.05, 4.69) is 42.2 Å². The Morgan fingerprint density at radius 2 is 1.79 bits per heavy atom. The highest BCUT2D eigenvalue weighted by Gasteiger charge is 2.08. The first-order valence-corrected chi connectivity index (χ1v) is 8.25. The number of hydrogen-bond donors (Lipinski definition) is 2. The second kappa shape index (κ2) is 6.89. The van der Waals surface area contributed by atoms with Crippen molar-refractivity contribution in [3.63, 3.8) is 0 Å². The fourth-order valence-electron chi connectivity index (χ4n) is 2.88. The predicted octanol–water partition coefficient (Wildman–Crippen LogP) is 4.04. The normalized spacial score (nSPS) is 11.0. The molecule has 2 aromatic carbocycles. The van der Waals surface area contributed by atoms with E-state index in [0.29, 0.717) is 19.0 Å². The van der Waals surface area contributed by atoms with E-state index < -0.39 is 0 Å². The molecule has 124 valence electrons. The molecule has 4 nitrogen and oxygen atoms in total. The van der Waals surface area contributed by atoms with Gasteiger partial charge in [0.2, 0.25) is 0 Å². The lowest BCUT2D eigenvalue weighted by atomic mass is 9.99. The summed E-state index contributed by atoms with van der Waals surface area (Å²) in [6, 6.07) is 14.3. The van der Waals surface area contributed by atoms with Crippen LogP contribution in [-0.2, 0) is 6.54 Å². The Kier molecular flexibility index (Phi) is 4.67. The van der Waals surface area contributed by atoms with Gasteiger partial charge in [0.15, 0.2) is 0 Å². The molecule has 4 heteroatoms. The number of pyridine rings is 1. The quantitative estimate of drug-likeness (QED) is 0.744. The third-order valence-corrected chi connectivity index (χ3v) is 4.11. The number of anilines is 1. The van der Waals surface area contributed by atoms with Gasteiger partial charge in [-0.3, -0.25) is 0 Å². The molecular weight excluding hydrogens is 298 g/mol. The number of aryl methyl sites for hydroxylation is 1. The number of aromatic nitrogens is 1. The van der Waals surface area contributed by atoms with Crippen molar-refractivity contribution in [1.29, 1.82) is 0 Å². The Labute approximate surface area is 142 Å². The van der Waals surface area contributed by atoms with Crippen molar-refractivity contribution in [2.45, 2.75) is 26.8 Å². The lowest BCUT2D eigenvalue weighted by molar-refractivity contribution is 0.314. The average molecular weight is 321 g/mol. The molecule has 0 aliphatic heterocycles. The van der Waals surface area contributed by atoms with E-state index >= 15 is 0 Å². The molecule has 0 radical (unpaired) electrons. The molecule has 3 rings (SSSR count). The van der Waals surface area contributed by atoms with Gasteiger partial charge in [-0.05, 0) is 54.3 Å². The molecule has 1 heterocycles. The monoisotopic (exact) mass is 321 g/mol. The maximum atomic E-state index is 5.89. The van der Waals surface area contributed by atoms with Crippen LogP contribution in [-0.4, -0.2) is 11.6 Å². The maximum Gasteiger partial charge on any atom is 0.124 e. The third kappa shape index (κ3) is 3.19. The fourth-order valence-corrected chi connectivity index (χ4v) is 2.88. The first kappa shape index (κ1) is 16.3. The Bertz CT molecular complexity index is 874. The molecule has 0 aliphatic carbocycles. The van der Waals surface area contributed by atoms with Gasteiger partial charge in [-0.15, -0.1) is 0 Å². The minimum absolute atomic E-state index is 0.449. The highest BCUT2D eigenvalue weighted by molar-refractivity contribution is 5.88. The van der Waals surface area contributed by atoms with Gasteiger partial charge in [-0.25, -0.2) is 4.98 Å². The summed E-state index contributed by atoms with van der Waals surface area (Å²) in [5.74, 6) is 1.41. The van der Waals surface area contributed by atoms with Crippen LogP contribution in [0.5, 0.6) is 5.75 Å². The van der Waals surface area contributed by atoms with Crippen LogP contribution < -0.4 is 16.2 Å². The molecule has 0 fully saturated rings. The summed E-state index contributed by atoms with van der Waals surface area (Å²) < 4.78 is 5.76. The van der Waals surface area contributed by atoms with E-state index in [1.54, 1.807) is 0 Å². The number of nitrogens with two attached hydrogens (primary N) is 2. The zero-order chi connectivity index (χ0) is 17.1. The predicted molar refractivity (Wildman–Crippen MR) is 100 cm³/mol. The van der Waals surface area contributed by atoms with E-state index in [-0.39, 0.29) is 0 Å². The van der Waals surface area contributed by atoms with Crippen molar-refractivity contribution in [3.8, 4) is 16.9 Å². The lowest BCUT2D eigenvalue weighted by Gasteiger charge is -2.12. The lowest BCUT2D eigenvalue weighted by Crippen LogP contribution is -2.03. The zero-order valence-corrected chi connectivity index (χ0v) is 14.2. The standard InChI is InChI=1S/C20H23N3O/c1-3-8-24-19-7-5-14(10-16(19)12-21)15-4-6-17-13(2)9-20(22)23-18(17)11-15/h4-7,9-11H,3,8,12,21H2,1-2H3,(H2,22,23). The SMILES string of the molecule is CCCOc1ccc(-c2ccc3c(C)cc(N)nc3c2)cc1CN. The van der Waals surface area contributed by atoms with E-state index in [1.807, 2.05) is 19.1 Å². The second-order valence-electron chi connectivity index (χ2n) is 5.97. The number of hydrogen-bond acceptors (Lipinski definition) is 4. The topological polar surface area (TPSA) is 74.2 Å². The molecule has 0 atom stereocenters. The smallest absolute Gasteiger partial charge is 0.124 e. The van der Waals surface area contributed by atoms with Gasteiger partial charge >= 0.3 is 0 Å². The number of rotatable bonds is 5. The first-order valence-electron chi connectivity index (χ1n) is 8.25. The van der Waals surface area contributed by atoms with Crippen molar-refractivity contribution < 1.29 is 4.74 Å². The van der Waals surface area contributed by atoms with E-state index in [4.69, 9.17) is 16.2 Å². The summed E-state index contributed by atoms with van der Waals surface area (Å²) in [4.78, 5) is 4.45. The Morgan fingerprint density at radius 3 is 2.54 bits per heavy atom. The van der Waals surface area contributed by atoms with Crippen molar-refractivity contribution in [2.75, 3.05) is 12.3 Å². The van der Waals surface area contributed by atoms with Crippen molar-refractivity contribution in [3.05, 3.63) is 53.6 Å². The molecule has 0 saturated heterocycles. The van der Waals surface area contributed by atoms with Crippen molar-refractivity contribution in [1.82, 2.24) is 4.98 Å². The van der Waals surface area contributed by atoms with Crippen LogP contribution in [0, 0.1) is 6.92 Å². The van der Waals surface area contributed by atoms with Gasteiger partial charge in [0, 0.05) is 17.5 Å². The summed E-state index contributed by atoms with van der Waals surface area (Å²) >= 11 is 0. The van der Waals surface area contributed by atoms with E-state index in [0.717, 1.165) is 45.3 Å². The molecular formula is C20H23N3O.